The first-order valence-corrected chi connectivity index (χ1v) is 5.20. The van der Waals surface area contributed by atoms with Crippen LogP contribution in [0.3, 0.4) is 0 Å². The van der Waals surface area contributed by atoms with E-state index in [1.54, 1.807) is 0 Å². The van der Waals surface area contributed by atoms with Crippen molar-refractivity contribution in [2.24, 2.45) is 0 Å². The van der Waals surface area contributed by atoms with E-state index in [0.29, 0.717) is 0 Å². The Bertz CT molecular complexity index is 204. The quantitative estimate of drug-likeness (QED) is 0.583. The predicted octanol–water partition coefficient (Wildman–Crippen LogP) is 4.31. The van der Waals surface area contributed by atoms with E-state index in [9.17, 15) is 8.78 Å². The van der Waals surface area contributed by atoms with Gasteiger partial charge in [-0.2, -0.15) is 0 Å². The highest BCUT2D eigenvalue weighted by Crippen LogP contribution is 2.15. The molecule has 0 radical (unpaired) electrons. The highest BCUT2D eigenvalue weighted by molar-refractivity contribution is 5.04. The average molecular weight is 198 g/mol. The Labute approximate surface area is 84.0 Å². The van der Waals surface area contributed by atoms with Crippen molar-refractivity contribution in [1.29, 1.82) is 0 Å². The van der Waals surface area contributed by atoms with Gasteiger partial charge in [0.15, 0.2) is 0 Å². The lowest BCUT2D eigenvalue weighted by Gasteiger charge is -2.05. The summed E-state index contributed by atoms with van der Waals surface area (Å²) < 4.78 is 23.8. The van der Waals surface area contributed by atoms with Gasteiger partial charge < -0.3 is 0 Å². The van der Waals surface area contributed by atoms with Gasteiger partial charge in [0.2, 0.25) is 0 Å². The van der Waals surface area contributed by atoms with Gasteiger partial charge in [-0.05, 0) is 24.3 Å². The first-order valence-electron chi connectivity index (χ1n) is 5.20. The zero-order valence-electron chi connectivity index (χ0n) is 8.31. The van der Waals surface area contributed by atoms with Crippen molar-refractivity contribution in [3.05, 3.63) is 35.9 Å². The third kappa shape index (κ3) is 4.95. The molecule has 2 heteroatoms. The van der Waals surface area contributed by atoms with Gasteiger partial charge in [0, 0.05) is 0 Å². The van der Waals surface area contributed by atoms with E-state index in [0.717, 1.165) is 24.3 Å². The van der Waals surface area contributed by atoms with Crippen LogP contribution in [0.25, 0.3) is 0 Å². The second-order valence-electron chi connectivity index (χ2n) is 3.56. The lowest BCUT2D eigenvalue weighted by atomic mass is 10.0. The second-order valence-corrected chi connectivity index (χ2v) is 3.56. The van der Waals surface area contributed by atoms with Crippen molar-refractivity contribution in [1.82, 2.24) is 0 Å². The van der Waals surface area contributed by atoms with Crippen LogP contribution in [0.1, 0.15) is 38.5 Å². The Hall–Kier alpha value is -0.920. The van der Waals surface area contributed by atoms with Gasteiger partial charge in [0.1, 0.15) is 11.6 Å². The van der Waals surface area contributed by atoms with Gasteiger partial charge >= 0.3 is 0 Å². The zero-order valence-corrected chi connectivity index (χ0v) is 8.31. The topological polar surface area (TPSA) is 0 Å². The van der Waals surface area contributed by atoms with Crippen LogP contribution >= 0.6 is 0 Å². The van der Waals surface area contributed by atoms with Crippen LogP contribution in [0.4, 0.5) is 8.78 Å². The smallest absolute Gasteiger partial charge is 0.123 e. The predicted molar refractivity (Wildman–Crippen MR) is 54.1 cm³/mol. The molecule has 2 rings (SSSR count). The monoisotopic (exact) mass is 198 g/mol. The van der Waals surface area contributed by atoms with Gasteiger partial charge in [-0.25, -0.2) is 8.78 Å². The minimum absolute atomic E-state index is 0.411. The molecule has 0 atom stereocenters. The lowest BCUT2D eigenvalue weighted by molar-refractivity contribution is 0.504. The summed E-state index contributed by atoms with van der Waals surface area (Å²) in [5.41, 5.74) is 0. The summed E-state index contributed by atoms with van der Waals surface area (Å²) in [7, 11) is 0. The Balaban J connectivity index is 0.000000146. The molecule has 0 aliphatic heterocycles. The van der Waals surface area contributed by atoms with Crippen LogP contribution in [-0.4, -0.2) is 0 Å². The Morgan fingerprint density at radius 1 is 0.571 bits per heavy atom. The third-order valence-corrected chi connectivity index (χ3v) is 2.30. The van der Waals surface area contributed by atoms with Gasteiger partial charge in [-0.15, -0.1) is 0 Å². The molecule has 0 N–H and O–H groups in total. The maximum absolute atomic E-state index is 11.9. The molecule has 78 valence electrons. The second kappa shape index (κ2) is 6.52. The number of hydrogen-bond donors (Lipinski definition) is 0. The minimum Gasteiger partial charge on any atom is -0.207 e. The van der Waals surface area contributed by atoms with Crippen molar-refractivity contribution >= 4 is 0 Å². The molecule has 1 aromatic rings. The Kier molecular flexibility index (Phi) is 5.20. The van der Waals surface area contributed by atoms with E-state index in [-0.39, 0.29) is 0 Å². The van der Waals surface area contributed by atoms with Crippen LogP contribution < -0.4 is 0 Å². The fourth-order valence-corrected chi connectivity index (χ4v) is 1.49. The van der Waals surface area contributed by atoms with E-state index >= 15 is 0 Å². The van der Waals surface area contributed by atoms with E-state index in [2.05, 4.69) is 0 Å². The molecule has 14 heavy (non-hydrogen) atoms. The fraction of sp³-hybridized carbons (Fsp3) is 0.500. The summed E-state index contributed by atoms with van der Waals surface area (Å²) in [5, 5.41) is 0. The molecule has 0 amide bonds. The van der Waals surface area contributed by atoms with Crippen LogP contribution in [0.5, 0.6) is 0 Å². The number of rotatable bonds is 0. The van der Waals surface area contributed by atoms with Gasteiger partial charge in [0.05, 0.1) is 0 Å². The molecular weight excluding hydrogens is 182 g/mol. The largest absolute Gasteiger partial charge is 0.207 e. The normalized spacial score (nSPS) is 15.6. The molecule has 1 aliphatic carbocycles. The molecule has 0 saturated heterocycles. The number of halogens is 2. The maximum Gasteiger partial charge on any atom is 0.123 e. The highest BCUT2D eigenvalue weighted by Gasteiger charge is 1.95. The number of hydrogen-bond acceptors (Lipinski definition) is 0. The molecule has 1 fully saturated rings. The molecule has 0 unspecified atom stereocenters. The molecular formula is C12H16F2. The third-order valence-electron chi connectivity index (χ3n) is 2.30. The van der Waals surface area contributed by atoms with Crippen molar-refractivity contribution in [2.75, 3.05) is 0 Å². The van der Waals surface area contributed by atoms with E-state index < -0.39 is 11.6 Å². The Morgan fingerprint density at radius 3 is 1.00 bits per heavy atom. The molecule has 0 spiro atoms. The summed E-state index contributed by atoms with van der Waals surface area (Å²) in [5.74, 6) is -0.821. The van der Waals surface area contributed by atoms with E-state index in [1.807, 2.05) is 0 Å². The molecule has 1 saturated carbocycles. The molecule has 1 aromatic carbocycles. The highest BCUT2D eigenvalue weighted by atomic mass is 19.1. The van der Waals surface area contributed by atoms with Gasteiger partial charge in [-0.1, -0.05) is 38.5 Å². The first kappa shape index (κ1) is 11.2. The molecule has 0 heterocycles. The van der Waals surface area contributed by atoms with Gasteiger partial charge in [-0.3, -0.25) is 0 Å². The average Bonchev–Trinajstić information content (AvgIpc) is 2.26. The molecule has 0 nitrogen and oxygen atoms in total. The summed E-state index contributed by atoms with van der Waals surface area (Å²) in [6, 6.07) is 4.31. The standard InChI is InChI=1S/C6H4F2.C6H12/c7-5-1-2-6(8)4-3-5;1-2-4-6-5-3-1/h1-4H;1-6H2. The number of benzene rings is 1. The first-order chi connectivity index (χ1) is 6.79. The minimum atomic E-state index is -0.411. The van der Waals surface area contributed by atoms with Crippen molar-refractivity contribution in [3.63, 3.8) is 0 Å². The van der Waals surface area contributed by atoms with Crippen molar-refractivity contribution < 1.29 is 8.78 Å². The van der Waals surface area contributed by atoms with E-state index in [1.165, 1.54) is 38.5 Å². The Morgan fingerprint density at radius 2 is 0.786 bits per heavy atom. The van der Waals surface area contributed by atoms with Crippen molar-refractivity contribution in [3.8, 4) is 0 Å². The van der Waals surface area contributed by atoms with Crippen LogP contribution in [0.2, 0.25) is 0 Å². The molecule has 1 aliphatic rings. The SMILES string of the molecule is C1CCCCC1.Fc1ccc(F)cc1. The summed E-state index contributed by atoms with van der Waals surface area (Å²) in [4.78, 5) is 0. The van der Waals surface area contributed by atoms with Gasteiger partial charge in [0.25, 0.3) is 0 Å². The van der Waals surface area contributed by atoms with Crippen molar-refractivity contribution in [2.45, 2.75) is 38.5 Å². The van der Waals surface area contributed by atoms with Crippen LogP contribution in [0.15, 0.2) is 24.3 Å². The molecule has 0 bridgehead atoms. The van der Waals surface area contributed by atoms with Crippen LogP contribution in [0, 0.1) is 11.6 Å². The van der Waals surface area contributed by atoms with E-state index in [4.69, 9.17) is 0 Å². The summed E-state index contributed by atoms with van der Waals surface area (Å²) in [6.45, 7) is 0. The maximum atomic E-state index is 11.9. The fourth-order valence-electron chi connectivity index (χ4n) is 1.49. The van der Waals surface area contributed by atoms with Crippen LogP contribution in [-0.2, 0) is 0 Å². The summed E-state index contributed by atoms with van der Waals surface area (Å²) in [6.07, 6.45) is 9.00. The summed E-state index contributed by atoms with van der Waals surface area (Å²) >= 11 is 0. The lowest BCUT2D eigenvalue weighted by Crippen LogP contribution is -1.85. The zero-order chi connectivity index (χ0) is 10.2. The molecule has 0 aromatic heterocycles.